The molecule has 3 heteroatoms. The fourth-order valence-corrected chi connectivity index (χ4v) is 2.27. The lowest BCUT2D eigenvalue weighted by molar-refractivity contribution is -0.138. The minimum atomic E-state index is -0.649. The fraction of sp³-hybridized carbons (Fsp3) is 0.917. The second-order valence-electron chi connectivity index (χ2n) is 4.54. The second-order valence-corrected chi connectivity index (χ2v) is 4.54. The first-order valence-corrected chi connectivity index (χ1v) is 6.14. The maximum Gasteiger partial charge on any atom is 0.304 e. The molecule has 1 unspecified atom stereocenters. The van der Waals surface area contributed by atoms with Crippen LogP contribution in [0.2, 0.25) is 0 Å². The first-order valence-electron chi connectivity index (χ1n) is 6.14. The zero-order valence-electron chi connectivity index (χ0n) is 9.91. The molecule has 0 aromatic heterocycles. The van der Waals surface area contributed by atoms with Gasteiger partial charge in [0.25, 0.3) is 0 Å². The molecule has 0 aliphatic heterocycles. The first-order chi connectivity index (χ1) is 7.19. The number of rotatable bonds is 8. The van der Waals surface area contributed by atoms with Crippen molar-refractivity contribution in [3.8, 4) is 0 Å². The van der Waals surface area contributed by atoms with Crippen molar-refractivity contribution in [2.45, 2.75) is 52.0 Å². The lowest BCUT2D eigenvalue weighted by atomic mass is 10.1. The Hall–Kier alpha value is -0.570. The van der Waals surface area contributed by atoms with Gasteiger partial charge in [0.2, 0.25) is 0 Å². The number of aliphatic carboxylic acids is 1. The molecule has 0 bridgehead atoms. The Morgan fingerprint density at radius 2 is 1.87 bits per heavy atom. The van der Waals surface area contributed by atoms with Crippen LogP contribution in [0.3, 0.4) is 0 Å². The van der Waals surface area contributed by atoms with Gasteiger partial charge in [-0.2, -0.15) is 0 Å². The lowest BCUT2D eigenvalue weighted by Gasteiger charge is -2.30. The van der Waals surface area contributed by atoms with E-state index in [0.717, 1.165) is 25.9 Å². The van der Waals surface area contributed by atoms with Crippen LogP contribution in [0, 0.1) is 5.92 Å². The number of carboxylic acids is 1. The Morgan fingerprint density at radius 1 is 1.33 bits per heavy atom. The highest BCUT2D eigenvalue weighted by Crippen LogP contribution is 2.37. The Labute approximate surface area is 92.5 Å². The van der Waals surface area contributed by atoms with Gasteiger partial charge in [-0.05, 0) is 44.7 Å². The van der Waals surface area contributed by atoms with E-state index in [9.17, 15) is 4.79 Å². The van der Waals surface area contributed by atoms with E-state index in [1.165, 1.54) is 12.8 Å². The summed E-state index contributed by atoms with van der Waals surface area (Å²) in [5, 5.41) is 8.92. The summed E-state index contributed by atoms with van der Waals surface area (Å²) in [6, 6.07) is 0.294. The molecule has 1 N–H and O–H groups in total. The molecule has 3 nitrogen and oxygen atoms in total. The third-order valence-corrected chi connectivity index (χ3v) is 3.04. The van der Waals surface area contributed by atoms with E-state index < -0.39 is 5.97 Å². The smallest absolute Gasteiger partial charge is 0.304 e. The summed E-state index contributed by atoms with van der Waals surface area (Å²) in [4.78, 5) is 13.2. The molecule has 1 rings (SSSR count). The van der Waals surface area contributed by atoms with E-state index in [-0.39, 0.29) is 0 Å². The molecule has 1 atom stereocenters. The summed E-state index contributed by atoms with van der Waals surface area (Å²) >= 11 is 0. The van der Waals surface area contributed by atoms with E-state index in [1.54, 1.807) is 0 Å². The van der Waals surface area contributed by atoms with Gasteiger partial charge in [-0.25, -0.2) is 0 Å². The summed E-state index contributed by atoms with van der Waals surface area (Å²) in [6.45, 7) is 6.41. The van der Waals surface area contributed by atoms with Gasteiger partial charge in [0.05, 0.1) is 6.42 Å². The Balaban J connectivity index is 2.52. The highest BCUT2D eigenvalue weighted by atomic mass is 16.4. The molecule has 0 aromatic rings. The molecule has 15 heavy (non-hydrogen) atoms. The summed E-state index contributed by atoms with van der Waals surface area (Å²) in [5.74, 6) is 0.00306. The van der Waals surface area contributed by atoms with E-state index in [4.69, 9.17) is 5.11 Å². The van der Waals surface area contributed by atoms with Gasteiger partial charge < -0.3 is 5.11 Å². The van der Waals surface area contributed by atoms with E-state index in [0.29, 0.717) is 18.4 Å². The van der Waals surface area contributed by atoms with Crippen LogP contribution in [0.15, 0.2) is 0 Å². The fourth-order valence-electron chi connectivity index (χ4n) is 2.27. The molecule has 1 saturated carbocycles. The second kappa shape index (κ2) is 6.11. The Kier molecular flexibility index (Phi) is 5.09. The van der Waals surface area contributed by atoms with Crippen molar-refractivity contribution in [2.24, 2.45) is 5.92 Å². The van der Waals surface area contributed by atoms with Crippen LogP contribution in [0.25, 0.3) is 0 Å². The van der Waals surface area contributed by atoms with Gasteiger partial charge in [0, 0.05) is 6.04 Å². The molecule has 0 spiro atoms. The number of carboxylic acid groups (broad SMARTS) is 1. The van der Waals surface area contributed by atoms with E-state index in [1.807, 2.05) is 0 Å². The minimum Gasteiger partial charge on any atom is -0.481 e. The molecule has 0 heterocycles. The Bertz CT molecular complexity index is 196. The number of hydrogen-bond donors (Lipinski definition) is 1. The van der Waals surface area contributed by atoms with E-state index in [2.05, 4.69) is 18.7 Å². The zero-order chi connectivity index (χ0) is 11.3. The van der Waals surface area contributed by atoms with Gasteiger partial charge >= 0.3 is 5.97 Å². The van der Waals surface area contributed by atoms with Crippen molar-refractivity contribution in [3.05, 3.63) is 0 Å². The maximum absolute atomic E-state index is 10.8. The molecule has 0 saturated heterocycles. The van der Waals surface area contributed by atoms with Gasteiger partial charge in [-0.1, -0.05) is 13.8 Å². The van der Waals surface area contributed by atoms with Crippen LogP contribution in [-0.2, 0) is 4.79 Å². The Morgan fingerprint density at radius 3 is 2.20 bits per heavy atom. The van der Waals surface area contributed by atoms with Crippen LogP contribution in [0.1, 0.15) is 46.0 Å². The lowest BCUT2D eigenvalue weighted by Crippen LogP contribution is -2.39. The largest absolute Gasteiger partial charge is 0.481 e. The van der Waals surface area contributed by atoms with Crippen LogP contribution in [0.5, 0.6) is 0 Å². The molecular formula is C12H23NO2. The van der Waals surface area contributed by atoms with Crippen LogP contribution >= 0.6 is 0 Å². The van der Waals surface area contributed by atoms with Gasteiger partial charge in [-0.3, -0.25) is 9.69 Å². The SMILES string of the molecule is CCCN(CCC)C(CC(=O)O)C1CC1. The third-order valence-electron chi connectivity index (χ3n) is 3.04. The predicted octanol–water partition coefficient (Wildman–Crippen LogP) is 2.36. The highest BCUT2D eigenvalue weighted by molar-refractivity contribution is 5.67. The van der Waals surface area contributed by atoms with Crippen molar-refractivity contribution >= 4 is 5.97 Å². The normalized spacial score (nSPS) is 18.1. The van der Waals surface area contributed by atoms with Crippen molar-refractivity contribution < 1.29 is 9.90 Å². The molecule has 0 amide bonds. The summed E-state index contributed by atoms with van der Waals surface area (Å²) in [7, 11) is 0. The molecule has 1 aliphatic rings. The quantitative estimate of drug-likeness (QED) is 0.673. The highest BCUT2D eigenvalue weighted by Gasteiger charge is 2.35. The van der Waals surface area contributed by atoms with Crippen molar-refractivity contribution in [1.29, 1.82) is 0 Å². The molecule has 1 aliphatic carbocycles. The molecule has 0 radical (unpaired) electrons. The van der Waals surface area contributed by atoms with Crippen molar-refractivity contribution in [2.75, 3.05) is 13.1 Å². The first kappa shape index (κ1) is 12.5. The van der Waals surface area contributed by atoms with Gasteiger partial charge in [-0.15, -0.1) is 0 Å². The molecule has 1 fully saturated rings. The van der Waals surface area contributed by atoms with Crippen LogP contribution in [0.4, 0.5) is 0 Å². The van der Waals surface area contributed by atoms with Crippen LogP contribution in [-0.4, -0.2) is 35.1 Å². The number of carbonyl (C=O) groups is 1. The molecule has 88 valence electrons. The minimum absolute atomic E-state index is 0.294. The van der Waals surface area contributed by atoms with Gasteiger partial charge in [0.15, 0.2) is 0 Å². The molecular weight excluding hydrogens is 190 g/mol. The topological polar surface area (TPSA) is 40.5 Å². The molecule has 0 aromatic carbocycles. The zero-order valence-corrected chi connectivity index (χ0v) is 9.91. The van der Waals surface area contributed by atoms with Crippen molar-refractivity contribution in [3.63, 3.8) is 0 Å². The number of nitrogens with zero attached hydrogens (tertiary/aromatic N) is 1. The summed E-state index contributed by atoms with van der Waals surface area (Å²) < 4.78 is 0. The van der Waals surface area contributed by atoms with Crippen molar-refractivity contribution in [1.82, 2.24) is 4.90 Å². The summed E-state index contributed by atoms with van der Waals surface area (Å²) in [5.41, 5.74) is 0. The van der Waals surface area contributed by atoms with E-state index >= 15 is 0 Å². The van der Waals surface area contributed by atoms with Gasteiger partial charge in [0.1, 0.15) is 0 Å². The number of hydrogen-bond acceptors (Lipinski definition) is 2. The average Bonchev–Trinajstić information content (AvgIpc) is 2.97. The average molecular weight is 213 g/mol. The summed E-state index contributed by atoms with van der Waals surface area (Å²) in [6.07, 6.45) is 5.00. The maximum atomic E-state index is 10.8. The standard InChI is InChI=1S/C12H23NO2/c1-3-7-13(8-4-2)11(9-12(14)15)10-5-6-10/h10-11H,3-9H2,1-2H3,(H,14,15). The third kappa shape index (κ3) is 4.20. The predicted molar refractivity (Wildman–Crippen MR) is 60.9 cm³/mol. The van der Waals surface area contributed by atoms with Crippen LogP contribution < -0.4 is 0 Å². The monoisotopic (exact) mass is 213 g/mol.